The number of hydrogen-bond acceptors (Lipinski definition) is 4. The third-order valence-electron chi connectivity index (χ3n) is 3.47. The maximum Gasteiger partial charge on any atom is 0.412 e. The van der Waals surface area contributed by atoms with Crippen LogP contribution >= 0.6 is 0 Å². The number of rotatable bonds is 3. The van der Waals surface area contributed by atoms with Gasteiger partial charge in [-0.15, -0.1) is 0 Å². The Morgan fingerprint density at radius 3 is 2.41 bits per heavy atom. The van der Waals surface area contributed by atoms with Gasteiger partial charge in [-0.3, -0.25) is 14.9 Å². The largest absolute Gasteiger partial charge is 0.481 e. The molecule has 118 valence electrons. The molecule has 0 saturated heterocycles. The summed E-state index contributed by atoms with van der Waals surface area (Å²) in [5.74, 6) is -1.10. The predicted molar refractivity (Wildman–Crippen MR) is 79.9 cm³/mol. The van der Waals surface area contributed by atoms with E-state index in [0.29, 0.717) is 11.3 Å². The van der Waals surface area contributed by atoms with Gasteiger partial charge in [0.1, 0.15) is 16.8 Å². The summed E-state index contributed by atoms with van der Waals surface area (Å²) in [6.45, 7) is 5.26. The van der Waals surface area contributed by atoms with E-state index in [1.807, 2.05) is 0 Å². The van der Waals surface area contributed by atoms with E-state index in [2.05, 4.69) is 5.32 Å². The van der Waals surface area contributed by atoms with Crippen molar-refractivity contribution in [3.8, 4) is 0 Å². The third-order valence-corrected chi connectivity index (χ3v) is 3.47. The number of nitrogens with one attached hydrogen (secondary N) is 1. The minimum atomic E-state index is -1.18. The summed E-state index contributed by atoms with van der Waals surface area (Å²) in [6.07, 6.45) is -0.644. The summed E-state index contributed by atoms with van der Waals surface area (Å²) in [7, 11) is 0. The van der Waals surface area contributed by atoms with Crippen molar-refractivity contribution in [2.75, 3.05) is 5.32 Å². The van der Waals surface area contributed by atoms with Crippen LogP contribution in [0.2, 0.25) is 0 Å². The standard InChI is InChI=1S/C16H19NO5/c1-15(2,3)22-14(21)17-11-6-4-5-10(7-11)16(13(19)20)8-12(18)9-16/h4-7H,8-9H2,1-3H3,(H,17,21)(H,19,20). The lowest BCUT2D eigenvalue weighted by Crippen LogP contribution is -2.48. The number of Topliss-reactive ketones (excluding diaryl/α,β-unsaturated/α-hetero) is 1. The quantitative estimate of drug-likeness (QED) is 0.895. The Morgan fingerprint density at radius 1 is 1.27 bits per heavy atom. The molecular formula is C16H19NO5. The van der Waals surface area contributed by atoms with Crippen molar-refractivity contribution in [1.82, 2.24) is 0 Å². The molecule has 0 heterocycles. The fourth-order valence-electron chi connectivity index (χ4n) is 2.42. The Hall–Kier alpha value is -2.37. The Bertz CT molecular complexity index is 622. The van der Waals surface area contributed by atoms with Crippen LogP contribution in [0.1, 0.15) is 39.2 Å². The van der Waals surface area contributed by atoms with E-state index in [-0.39, 0.29) is 18.6 Å². The van der Waals surface area contributed by atoms with Crippen LogP contribution in [0, 0.1) is 0 Å². The summed E-state index contributed by atoms with van der Waals surface area (Å²) in [5, 5.41) is 12.0. The van der Waals surface area contributed by atoms with Gasteiger partial charge in [0.25, 0.3) is 0 Å². The van der Waals surface area contributed by atoms with Crippen LogP contribution in [0.5, 0.6) is 0 Å². The van der Waals surface area contributed by atoms with Gasteiger partial charge in [-0.1, -0.05) is 12.1 Å². The second kappa shape index (κ2) is 5.44. The first-order valence-electron chi connectivity index (χ1n) is 6.98. The first-order chi connectivity index (χ1) is 10.1. The van der Waals surface area contributed by atoms with E-state index in [1.165, 1.54) is 0 Å². The van der Waals surface area contributed by atoms with Crippen molar-refractivity contribution in [2.45, 2.75) is 44.6 Å². The van der Waals surface area contributed by atoms with Gasteiger partial charge < -0.3 is 9.84 Å². The number of ether oxygens (including phenoxy) is 1. The minimum absolute atomic E-state index is 0.0157. The summed E-state index contributed by atoms with van der Waals surface area (Å²) in [6, 6.07) is 6.52. The second-order valence-electron chi connectivity index (χ2n) is 6.49. The SMILES string of the molecule is CC(C)(C)OC(=O)Nc1cccc(C2(C(=O)O)CC(=O)C2)c1. The molecule has 2 N–H and O–H groups in total. The molecule has 0 bridgehead atoms. The fourth-order valence-corrected chi connectivity index (χ4v) is 2.42. The summed E-state index contributed by atoms with van der Waals surface area (Å²) < 4.78 is 5.15. The number of carboxylic acid groups (broad SMARTS) is 1. The number of aliphatic carboxylic acids is 1. The molecule has 6 nitrogen and oxygen atoms in total. The minimum Gasteiger partial charge on any atom is -0.481 e. The normalized spacial score (nSPS) is 16.6. The molecule has 0 radical (unpaired) electrons. The van der Waals surface area contributed by atoms with E-state index >= 15 is 0 Å². The average molecular weight is 305 g/mol. The van der Waals surface area contributed by atoms with Crippen LogP contribution in [-0.4, -0.2) is 28.6 Å². The summed E-state index contributed by atoms with van der Waals surface area (Å²) >= 11 is 0. The lowest BCUT2D eigenvalue weighted by Gasteiger charge is -2.36. The highest BCUT2D eigenvalue weighted by Gasteiger charge is 2.51. The van der Waals surface area contributed by atoms with Crippen molar-refractivity contribution < 1.29 is 24.2 Å². The highest BCUT2D eigenvalue weighted by Crippen LogP contribution is 2.42. The number of carboxylic acids is 1. The number of carbonyl (C=O) groups is 3. The molecule has 0 spiro atoms. The van der Waals surface area contributed by atoms with Crippen molar-refractivity contribution in [3.63, 3.8) is 0 Å². The number of benzene rings is 1. The maximum absolute atomic E-state index is 11.8. The van der Waals surface area contributed by atoms with Crippen LogP contribution in [0.4, 0.5) is 10.5 Å². The zero-order chi connectivity index (χ0) is 16.5. The van der Waals surface area contributed by atoms with Gasteiger partial charge >= 0.3 is 12.1 Å². The molecule has 1 amide bonds. The number of anilines is 1. The topological polar surface area (TPSA) is 92.7 Å². The molecule has 1 saturated carbocycles. The zero-order valence-electron chi connectivity index (χ0n) is 12.8. The first kappa shape index (κ1) is 16.0. The van der Waals surface area contributed by atoms with Gasteiger partial charge in [0.2, 0.25) is 0 Å². The van der Waals surface area contributed by atoms with Gasteiger partial charge in [0.05, 0.1) is 0 Å². The zero-order valence-corrected chi connectivity index (χ0v) is 12.8. The molecule has 0 atom stereocenters. The lowest BCUT2D eigenvalue weighted by atomic mass is 9.63. The molecule has 22 heavy (non-hydrogen) atoms. The predicted octanol–water partition coefficient (Wildman–Crippen LogP) is 2.72. The summed E-state index contributed by atoms with van der Waals surface area (Å²) in [5.41, 5.74) is -0.854. The van der Waals surface area contributed by atoms with Gasteiger partial charge in [-0.2, -0.15) is 0 Å². The maximum atomic E-state index is 11.8. The molecule has 1 aromatic carbocycles. The average Bonchev–Trinajstić information content (AvgIpc) is 2.32. The Balaban J connectivity index is 2.19. The van der Waals surface area contributed by atoms with Crippen LogP contribution in [0.25, 0.3) is 0 Å². The molecule has 0 aliphatic heterocycles. The van der Waals surface area contributed by atoms with Gasteiger partial charge in [-0.05, 0) is 38.5 Å². The Labute approximate surface area is 128 Å². The molecule has 6 heteroatoms. The second-order valence-corrected chi connectivity index (χ2v) is 6.49. The van der Waals surface area contributed by atoms with Crippen molar-refractivity contribution in [2.24, 2.45) is 0 Å². The van der Waals surface area contributed by atoms with Crippen LogP contribution in [0.3, 0.4) is 0 Å². The molecule has 0 unspecified atom stereocenters. The van der Waals surface area contributed by atoms with Crippen LogP contribution < -0.4 is 5.32 Å². The Morgan fingerprint density at radius 2 is 1.91 bits per heavy atom. The molecule has 0 aromatic heterocycles. The smallest absolute Gasteiger partial charge is 0.412 e. The van der Waals surface area contributed by atoms with Crippen molar-refractivity contribution >= 4 is 23.5 Å². The lowest BCUT2D eigenvalue weighted by molar-refractivity contribution is -0.153. The number of ketones is 1. The van der Waals surface area contributed by atoms with Gasteiger partial charge in [-0.25, -0.2) is 4.79 Å². The highest BCUT2D eigenvalue weighted by atomic mass is 16.6. The molecule has 1 aliphatic rings. The number of carbonyl (C=O) groups excluding carboxylic acids is 2. The number of amides is 1. The molecular weight excluding hydrogens is 286 g/mol. The monoisotopic (exact) mass is 305 g/mol. The van der Waals surface area contributed by atoms with E-state index in [1.54, 1.807) is 45.0 Å². The number of hydrogen-bond donors (Lipinski definition) is 2. The van der Waals surface area contributed by atoms with Gasteiger partial charge in [0, 0.05) is 18.5 Å². The highest BCUT2D eigenvalue weighted by molar-refractivity contribution is 6.01. The third kappa shape index (κ3) is 3.27. The molecule has 1 aromatic rings. The fraction of sp³-hybridized carbons (Fsp3) is 0.438. The molecule has 1 aliphatic carbocycles. The van der Waals surface area contributed by atoms with E-state index in [9.17, 15) is 19.5 Å². The van der Waals surface area contributed by atoms with Crippen molar-refractivity contribution in [3.05, 3.63) is 29.8 Å². The van der Waals surface area contributed by atoms with E-state index in [0.717, 1.165) is 0 Å². The Kier molecular flexibility index (Phi) is 3.96. The van der Waals surface area contributed by atoms with Crippen LogP contribution in [-0.2, 0) is 19.7 Å². The van der Waals surface area contributed by atoms with Crippen LogP contribution in [0.15, 0.2) is 24.3 Å². The molecule has 2 rings (SSSR count). The van der Waals surface area contributed by atoms with Gasteiger partial charge in [0.15, 0.2) is 0 Å². The van der Waals surface area contributed by atoms with E-state index < -0.39 is 23.1 Å². The molecule has 1 fully saturated rings. The van der Waals surface area contributed by atoms with Crippen molar-refractivity contribution in [1.29, 1.82) is 0 Å². The summed E-state index contributed by atoms with van der Waals surface area (Å²) in [4.78, 5) is 34.5. The van der Waals surface area contributed by atoms with E-state index in [4.69, 9.17) is 4.74 Å². The first-order valence-corrected chi connectivity index (χ1v) is 6.98.